The Bertz CT molecular complexity index is 2650. The monoisotopic (exact) mass is 616 g/mol. The second kappa shape index (κ2) is 9.97. The van der Waals surface area contributed by atoms with Crippen LogP contribution in [0.3, 0.4) is 0 Å². The highest BCUT2D eigenvalue weighted by Gasteiger charge is 2.35. The molecule has 0 aliphatic heterocycles. The number of aromatic nitrogens is 1. The molecule has 10 rings (SSSR count). The van der Waals surface area contributed by atoms with Gasteiger partial charge in [0.25, 0.3) is 0 Å². The van der Waals surface area contributed by atoms with E-state index in [0.717, 1.165) is 44.7 Å². The van der Waals surface area contributed by atoms with Gasteiger partial charge in [0.15, 0.2) is 0 Å². The van der Waals surface area contributed by atoms with Crippen LogP contribution in [0.2, 0.25) is 0 Å². The van der Waals surface area contributed by atoms with Gasteiger partial charge < -0.3 is 13.9 Å². The highest BCUT2D eigenvalue weighted by Crippen LogP contribution is 2.51. The summed E-state index contributed by atoms with van der Waals surface area (Å²) in [5.41, 5.74) is 14.0. The molecule has 0 saturated heterocycles. The SMILES string of the molecule is CC1(C)c2ccccc2-c2cc(N(c3ccc(-n4c5ccccc5c5ccccc54)cc3)c3ccc4oc5ccccc5c4c3)ccc21. The fraction of sp³-hybridized carbons (Fsp3) is 0.0667. The van der Waals surface area contributed by atoms with Gasteiger partial charge in [-0.2, -0.15) is 0 Å². The smallest absolute Gasteiger partial charge is 0.135 e. The van der Waals surface area contributed by atoms with Crippen LogP contribution in [0.4, 0.5) is 17.1 Å². The second-order valence-corrected chi connectivity index (χ2v) is 13.4. The molecular weight excluding hydrogens is 585 g/mol. The molecule has 0 amide bonds. The summed E-state index contributed by atoms with van der Waals surface area (Å²) in [5, 5.41) is 4.77. The first-order chi connectivity index (χ1) is 23.6. The number of hydrogen-bond donors (Lipinski definition) is 0. The number of fused-ring (bicyclic) bond motifs is 9. The molecule has 0 fully saturated rings. The average molecular weight is 617 g/mol. The van der Waals surface area contributed by atoms with Gasteiger partial charge in [-0.1, -0.05) is 98.8 Å². The maximum Gasteiger partial charge on any atom is 0.135 e. The van der Waals surface area contributed by atoms with Crippen LogP contribution in [0.5, 0.6) is 0 Å². The molecule has 2 heterocycles. The lowest BCUT2D eigenvalue weighted by Crippen LogP contribution is -2.15. The zero-order chi connectivity index (χ0) is 32.0. The minimum absolute atomic E-state index is 0.0478. The quantitative estimate of drug-likeness (QED) is 0.196. The van der Waals surface area contributed by atoms with Gasteiger partial charge in [-0.15, -0.1) is 0 Å². The Morgan fingerprint density at radius 3 is 1.79 bits per heavy atom. The van der Waals surface area contributed by atoms with E-state index in [1.165, 1.54) is 44.1 Å². The fourth-order valence-corrected chi connectivity index (χ4v) is 8.10. The summed E-state index contributed by atoms with van der Waals surface area (Å²) in [4.78, 5) is 2.38. The second-order valence-electron chi connectivity index (χ2n) is 13.4. The summed E-state index contributed by atoms with van der Waals surface area (Å²) in [6.45, 7) is 4.67. The Kier molecular flexibility index (Phi) is 5.63. The molecule has 228 valence electrons. The van der Waals surface area contributed by atoms with Gasteiger partial charge >= 0.3 is 0 Å². The number of nitrogens with zero attached hydrogens (tertiary/aromatic N) is 2. The zero-order valence-electron chi connectivity index (χ0n) is 26.8. The standard InChI is InChI=1S/C45H32N2O/c1-45(2)39-15-7-3-11-33(39)37-27-31(23-25-40(37)45)46(32-24-26-44-38(28-32)36-14-6-10-18-43(36)48-44)29-19-21-30(22-20-29)47-41-16-8-4-12-34(41)35-13-5-9-17-42(35)47/h3-28H,1-2H3. The van der Waals surface area contributed by atoms with E-state index >= 15 is 0 Å². The van der Waals surface area contributed by atoms with Crippen LogP contribution in [-0.4, -0.2) is 4.57 Å². The van der Waals surface area contributed by atoms with Crippen LogP contribution in [0.25, 0.3) is 60.6 Å². The van der Waals surface area contributed by atoms with Crippen molar-refractivity contribution in [2.45, 2.75) is 19.3 Å². The number of benzene rings is 7. The molecular formula is C45H32N2O. The maximum absolute atomic E-state index is 6.23. The normalized spacial score (nSPS) is 13.4. The third-order valence-corrected chi connectivity index (χ3v) is 10.4. The van der Waals surface area contributed by atoms with E-state index < -0.39 is 0 Å². The maximum atomic E-state index is 6.23. The first kappa shape index (κ1) is 27.1. The van der Waals surface area contributed by atoms with Gasteiger partial charge in [0.1, 0.15) is 11.2 Å². The first-order valence-electron chi connectivity index (χ1n) is 16.6. The van der Waals surface area contributed by atoms with Crippen molar-refractivity contribution in [3.8, 4) is 16.8 Å². The van der Waals surface area contributed by atoms with Gasteiger partial charge in [-0.3, -0.25) is 0 Å². The lowest BCUT2D eigenvalue weighted by Gasteiger charge is -2.27. The third kappa shape index (κ3) is 3.82. The van der Waals surface area contributed by atoms with E-state index in [2.05, 4.69) is 169 Å². The lowest BCUT2D eigenvalue weighted by molar-refractivity contribution is 0.660. The van der Waals surface area contributed by atoms with Crippen LogP contribution in [0.1, 0.15) is 25.0 Å². The predicted molar refractivity (Wildman–Crippen MR) is 200 cm³/mol. The summed E-state index contributed by atoms with van der Waals surface area (Å²) in [6, 6.07) is 57.0. The molecule has 7 aromatic carbocycles. The van der Waals surface area contributed by atoms with Gasteiger partial charge in [-0.25, -0.2) is 0 Å². The molecule has 1 aliphatic carbocycles. The van der Waals surface area contributed by atoms with Gasteiger partial charge in [-0.05, 0) is 95.1 Å². The molecule has 3 nitrogen and oxygen atoms in total. The van der Waals surface area contributed by atoms with Crippen molar-refractivity contribution in [1.82, 2.24) is 4.57 Å². The number of anilines is 3. The highest BCUT2D eigenvalue weighted by atomic mass is 16.3. The Morgan fingerprint density at radius 2 is 1.02 bits per heavy atom. The fourth-order valence-electron chi connectivity index (χ4n) is 8.10. The molecule has 0 bridgehead atoms. The summed E-state index contributed by atoms with van der Waals surface area (Å²) in [6.07, 6.45) is 0. The van der Waals surface area contributed by atoms with Crippen molar-refractivity contribution in [2.75, 3.05) is 4.90 Å². The van der Waals surface area contributed by atoms with E-state index in [9.17, 15) is 0 Å². The van der Waals surface area contributed by atoms with Crippen molar-refractivity contribution >= 4 is 60.8 Å². The van der Waals surface area contributed by atoms with Gasteiger partial charge in [0.05, 0.1) is 11.0 Å². The van der Waals surface area contributed by atoms with Crippen LogP contribution >= 0.6 is 0 Å². The molecule has 0 unspecified atom stereocenters. The summed E-state index contributed by atoms with van der Waals surface area (Å²) < 4.78 is 8.60. The van der Waals surface area contributed by atoms with Crippen molar-refractivity contribution in [2.24, 2.45) is 0 Å². The Hall–Kier alpha value is -6.06. The van der Waals surface area contributed by atoms with E-state index in [1.807, 2.05) is 12.1 Å². The predicted octanol–water partition coefficient (Wildman–Crippen LogP) is 12.5. The summed E-state index contributed by atoms with van der Waals surface area (Å²) in [7, 11) is 0. The summed E-state index contributed by atoms with van der Waals surface area (Å²) >= 11 is 0. The van der Waals surface area contributed by atoms with E-state index in [4.69, 9.17) is 4.42 Å². The molecule has 3 heteroatoms. The van der Waals surface area contributed by atoms with E-state index in [-0.39, 0.29) is 5.41 Å². The molecule has 0 saturated carbocycles. The van der Waals surface area contributed by atoms with Crippen LogP contribution < -0.4 is 4.90 Å². The largest absolute Gasteiger partial charge is 0.456 e. The topological polar surface area (TPSA) is 21.3 Å². The molecule has 0 radical (unpaired) electrons. The van der Waals surface area contributed by atoms with Crippen molar-refractivity contribution in [1.29, 1.82) is 0 Å². The molecule has 0 N–H and O–H groups in total. The lowest BCUT2D eigenvalue weighted by atomic mass is 9.82. The Labute approximate surface area is 278 Å². The van der Waals surface area contributed by atoms with Crippen molar-refractivity contribution in [3.63, 3.8) is 0 Å². The van der Waals surface area contributed by atoms with Crippen LogP contribution in [0, 0.1) is 0 Å². The number of furan rings is 1. The number of para-hydroxylation sites is 3. The van der Waals surface area contributed by atoms with Crippen LogP contribution in [-0.2, 0) is 5.41 Å². The molecule has 0 atom stereocenters. The van der Waals surface area contributed by atoms with Crippen LogP contribution in [0.15, 0.2) is 162 Å². The molecule has 48 heavy (non-hydrogen) atoms. The third-order valence-electron chi connectivity index (χ3n) is 10.4. The molecule has 1 aliphatic rings. The van der Waals surface area contributed by atoms with E-state index in [0.29, 0.717) is 0 Å². The average Bonchev–Trinajstić information content (AvgIpc) is 3.74. The molecule has 0 spiro atoms. The zero-order valence-corrected chi connectivity index (χ0v) is 26.8. The van der Waals surface area contributed by atoms with Gasteiger partial charge in [0, 0.05) is 49.7 Å². The minimum Gasteiger partial charge on any atom is -0.456 e. The van der Waals surface area contributed by atoms with Crippen molar-refractivity contribution in [3.05, 3.63) is 169 Å². The first-order valence-corrected chi connectivity index (χ1v) is 16.6. The van der Waals surface area contributed by atoms with E-state index in [1.54, 1.807) is 0 Å². The molecule has 2 aromatic heterocycles. The molecule has 9 aromatic rings. The Balaban J connectivity index is 1.17. The number of hydrogen-bond acceptors (Lipinski definition) is 2. The minimum atomic E-state index is -0.0478. The Morgan fingerprint density at radius 1 is 0.458 bits per heavy atom. The van der Waals surface area contributed by atoms with Crippen molar-refractivity contribution < 1.29 is 4.42 Å². The number of rotatable bonds is 4. The van der Waals surface area contributed by atoms with Gasteiger partial charge in [0.2, 0.25) is 0 Å². The highest BCUT2D eigenvalue weighted by molar-refractivity contribution is 6.09. The summed E-state index contributed by atoms with van der Waals surface area (Å²) in [5.74, 6) is 0.